The van der Waals surface area contributed by atoms with Crippen LogP contribution in [-0.2, 0) is 4.79 Å². The topological polar surface area (TPSA) is 20.3 Å². The fourth-order valence-electron chi connectivity index (χ4n) is 1.22. The van der Waals surface area contributed by atoms with Gasteiger partial charge in [-0.15, -0.1) is 0 Å². The lowest BCUT2D eigenvalue weighted by Gasteiger charge is -2.11. The molecular formula is C8H11NO. The number of aldehydes is 1. The molecule has 0 N–H and O–H groups in total. The van der Waals surface area contributed by atoms with Crippen LogP contribution in [0.25, 0.3) is 0 Å². The van der Waals surface area contributed by atoms with E-state index in [4.69, 9.17) is 0 Å². The average molecular weight is 137 g/mol. The summed E-state index contributed by atoms with van der Waals surface area (Å²) in [7, 11) is 2.04. The van der Waals surface area contributed by atoms with Gasteiger partial charge in [0.1, 0.15) is 0 Å². The third-order valence-electron chi connectivity index (χ3n) is 1.83. The van der Waals surface area contributed by atoms with Gasteiger partial charge in [0.05, 0.1) is 6.04 Å². The Balaban J connectivity index is 2.47. The van der Waals surface area contributed by atoms with Crippen molar-refractivity contribution in [2.45, 2.75) is 18.9 Å². The molecule has 1 atom stereocenters. The van der Waals surface area contributed by atoms with E-state index in [9.17, 15) is 4.79 Å². The second-order valence-corrected chi connectivity index (χ2v) is 2.55. The number of hydrogen-bond acceptors (Lipinski definition) is 2. The van der Waals surface area contributed by atoms with Crippen LogP contribution in [0.15, 0.2) is 0 Å². The Bertz CT molecular complexity index is 177. The lowest BCUT2D eigenvalue weighted by atomic mass is 10.2. The molecule has 0 saturated carbocycles. The number of likely N-dealkylation sites (tertiary alicyclic amines) is 1. The molecule has 1 aliphatic heterocycles. The van der Waals surface area contributed by atoms with Crippen molar-refractivity contribution in [3.8, 4) is 11.8 Å². The first kappa shape index (κ1) is 7.30. The molecule has 0 radical (unpaired) electrons. The average Bonchev–Trinajstić information content (AvgIpc) is 2.31. The van der Waals surface area contributed by atoms with Crippen molar-refractivity contribution in [1.29, 1.82) is 0 Å². The molecule has 0 aromatic rings. The summed E-state index contributed by atoms with van der Waals surface area (Å²) >= 11 is 0. The summed E-state index contributed by atoms with van der Waals surface area (Å²) < 4.78 is 0. The normalized spacial score (nSPS) is 25.5. The Morgan fingerprint density at radius 3 is 3.00 bits per heavy atom. The van der Waals surface area contributed by atoms with Crippen LogP contribution in [0.2, 0.25) is 0 Å². The highest BCUT2D eigenvalue weighted by Gasteiger charge is 2.17. The van der Waals surface area contributed by atoms with Crippen LogP contribution in [0.5, 0.6) is 0 Å². The highest BCUT2D eigenvalue weighted by molar-refractivity contribution is 5.72. The first-order chi connectivity index (χ1) is 4.84. The van der Waals surface area contributed by atoms with Gasteiger partial charge in [-0.05, 0) is 32.4 Å². The van der Waals surface area contributed by atoms with Gasteiger partial charge in [0.2, 0.25) is 0 Å². The van der Waals surface area contributed by atoms with Crippen LogP contribution in [0.4, 0.5) is 0 Å². The van der Waals surface area contributed by atoms with Crippen molar-refractivity contribution in [2.24, 2.45) is 0 Å². The number of nitrogens with zero attached hydrogens (tertiary/aromatic N) is 1. The third-order valence-corrected chi connectivity index (χ3v) is 1.83. The van der Waals surface area contributed by atoms with Gasteiger partial charge in [0.25, 0.3) is 0 Å². The Hall–Kier alpha value is -0.810. The quantitative estimate of drug-likeness (QED) is 0.353. The Morgan fingerprint density at radius 2 is 2.50 bits per heavy atom. The molecule has 0 aromatic heterocycles. The predicted molar refractivity (Wildman–Crippen MR) is 39.5 cm³/mol. The molecule has 1 fully saturated rings. The highest BCUT2D eigenvalue weighted by atomic mass is 16.1. The van der Waals surface area contributed by atoms with Gasteiger partial charge < -0.3 is 0 Å². The van der Waals surface area contributed by atoms with Gasteiger partial charge in [0, 0.05) is 0 Å². The van der Waals surface area contributed by atoms with Crippen LogP contribution >= 0.6 is 0 Å². The van der Waals surface area contributed by atoms with E-state index in [1.165, 1.54) is 6.42 Å². The maximum Gasteiger partial charge on any atom is 0.192 e. The highest BCUT2D eigenvalue weighted by Crippen LogP contribution is 2.12. The van der Waals surface area contributed by atoms with E-state index in [0.717, 1.165) is 13.0 Å². The number of carbonyl (C=O) groups is 1. The minimum absolute atomic E-state index is 0.324. The summed E-state index contributed by atoms with van der Waals surface area (Å²) in [5.41, 5.74) is 0. The molecule has 1 aliphatic rings. The summed E-state index contributed by atoms with van der Waals surface area (Å²) in [6, 6.07) is 0.324. The molecule has 1 rings (SSSR count). The molecule has 10 heavy (non-hydrogen) atoms. The molecule has 1 heterocycles. The fraction of sp³-hybridized carbons (Fsp3) is 0.625. The number of hydrogen-bond donors (Lipinski definition) is 0. The van der Waals surface area contributed by atoms with Gasteiger partial charge in [-0.2, -0.15) is 0 Å². The lowest BCUT2D eigenvalue weighted by Crippen LogP contribution is -2.22. The van der Waals surface area contributed by atoms with E-state index < -0.39 is 0 Å². The van der Waals surface area contributed by atoms with Crippen molar-refractivity contribution < 1.29 is 4.79 Å². The Morgan fingerprint density at radius 1 is 1.70 bits per heavy atom. The van der Waals surface area contributed by atoms with Crippen LogP contribution in [0.3, 0.4) is 0 Å². The van der Waals surface area contributed by atoms with E-state index in [0.29, 0.717) is 12.3 Å². The molecule has 1 unspecified atom stereocenters. The Labute approximate surface area is 61.2 Å². The summed E-state index contributed by atoms with van der Waals surface area (Å²) in [5, 5.41) is 0. The number of rotatable bonds is 0. The van der Waals surface area contributed by atoms with Crippen molar-refractivity contribution in [3.05, 3.63) is 0 Å². The summed E-state index contributed by atoms with van der Waals surface area (Å²) in [6.45, 7) is 1.11. The molecule has 54 valence electrons. The van der Waals surface area contributed by atoms with E-state index >= 15 is 0 Å². The van der Waals surface area contributed by atoms with Gasteiger partial charge in [-0.3, -0.25) is 9.69 Å². The van der Waals surface area contributed by atoms with Crippen molar-refractivity contribution in [3.63, 3.8) is 0 Å². The zero-order chi connectivity index (χ0) is 7.40. The monoisotopic (exact) mass is 137 g/mol. The molecule has 0 amide bonds. The van der Waals surface area contributed by atoms with Crippen molar-refractivity contribution in [1.82, 2.24) is 4.90 Å². The smallest absolute Gasteiger partial charge is 0.192 e. The first-order valence-electron chi connectivity index (χ1n) is 3.49. The zero-order valence-electron chi connectivity index (χ0n) is 6.13. The molecule has 0 bridgehead atoms. The largest absolute Gasteiger partial charge is 0.293 e. The summed E-state index contributed by atoms with van der Waals surface area (Å²) in [4.78, 5) is 12.1. The van der Waals surface area contributed by atoms with Crippen molar-refractivity contribution in [2.75, 3.05) is 13.6 Å². The second kappa shape index (κ2) is 3.38. The SMILES string of the molecule is CN1CCCC1C#CC=O. The zero-order valence-corrected chi connectivity index (χ0v) is 6.13. The third kappa shape index (κ3) is 1.58. The molecule has 0 aromatic carbocycles. The van der Waals surface area contributed by atoms with Gasteiger partial charge in [-0.25, -0.2) is 0 Å². The van der Waals surface area contributed by atoms with Gasteiger partial charge in [-0.1, -0.05) is 5.92 Å². The predicted octanol–water partition coefficient (Wildman–Crippen LogP) is 0.283. The molecule has 2 heteroatoms. The van der Waals surface area contributed by atoms with Crippen LogP contribution in [0.1, 0.15) is 12.8 Å². The van der Waals surface area contributed by atoms with Gasteiger partial charge in [0.15, 0.2) is 6.29 Å². The molecule has 0 spiro atoms. The maximum atomic E-state index is 9.88. The lowest BCUT2D eigenvalue weighted by molar-refractivity contribution is -0.103. The van der Waals surface area contributed by atoms with E-state index in [2.05, 4.69) is 16.7 Å². The standard InChI is InChI=1S/C8H11NO/c1-9-6-2-4-8(9)5-3-7-10/h7-8H,2,4,6H2,1H3. The summed E-state index contributed by atoms with van der Waals surface area (Å²) in [5.74, 6) is 5.34. The molecule has 1 saturated heterocycles. The molecular weight excluding hydrogens is 126 g/mol. The Kier molecular flexibility index (Phi) is 2.47. The molecule has 2 nitrogen and oxygen atoms in total. The van der Waals surface area contributed by atoms with E-state index in [1.54, 1.807) is 0 Å². The van der Waals surface area contributed by atoms with E-state index in [1.807, 2.05) is 7.05 Å². The van der Waals surface area contributed by atoms with Crippen molar-refractivity contribution >= 4 is 6.29 Å². The maximum absolute atomic E-state index is 9.88. The van der Waals surface area contributed by atoms with Crippen LogP contribution in [-0.4, -0.2) is 30.8 Å². The second-order valence-electron chi connectivity index (χ2n) is 2.55. The fourth-order valence-corrected chi connectivity index (χ4v) is 1.22. The molecule has 0 aliphatic carbocycles. The van der Waals surface area contributed by atoms with Crippen LogP contribution in [0, 0.1) is 11.8 Å². The van der Waals surface area contributed by atoms with Crippen LogP contribution < -0.4 is 0 Å². The minimum atomic E-state index is 0.324. The first-order valence-corrected chi connectivity index (χ1v) is 3.49. The summed E-state index contributed by atoms with van der Waals surface area (Å²) in [6.07, 6.45) is 2.97. The van der Waals surface area contributed by atoms with E-state index in [-0.39, 0.29) is 0 Å². The minimum Gasteiger partial charge on any atom is -0.293 e. The number of carbonyl (C=O) groups excluding carboxylic acids is 1. The van der Waals surface area contributed by atoms with Gasteiger partial charge >= 0.3 is 0 Å².